The zero-order valence-corrected chi connectivity index (χ0v) is 8.32. The van der Waals surface area contributed by atoms with Gasteiger partial charge in [0.25, 0.3) is 0 Å². The molecule has 0 fully saturated rings. The zero-order valence-electron chi connectivity index (χ0n) is 8.32. The smallest absolute Gasteiger partial charge is 0.405 e. The van der Waals surface area contributed by atoms with Gasteiger partial charge in [-0.2, -0.15) is 5.26 Å². The summed E-state index contributed by atoms with van der Waals surface area (Å²) in [5.74, 6) is -0.417. The Hall–Kier alpha value is -2.29. The van der Waals surface area contributed by atoms with Crippen molar-refractivity contribution in [1.29, 1.82) is 5.26 Å². The third-order valence-electron chi connectivity index (χ3n) is 2.08. The second-order valence-corrected chi connectivity index (χ2v) is 3.17. The molecule has 0 aliphatic heterocycles. The highest BCUT2D eigenvalue weighted by Gasteiger charge is 2.32. The van der Waals surface area contributed by atoms with Crippen molar-refractivity contribution >= 4 is 10.8 Å². The Balaban J connectivity index is 2.68. The number of hydrogen-bond acceptors (Lipinski definition) is 3. The first kappa shape index (κ1) is 11.2. The quantitative estimate of drug-likeness (QED) is 0.767. The largest absolute Gasteiger partial charge is 0.573 e. The van der Waals surface area contributed by atoms with Crippen LogP contribution < -0.4 is 4.74 Å². The number of hydrogen-bond donors (Lipinski definition) is 0. The lowest BCUT2D eigenvalue weighted by molar-refractivity contribution is -0.274. The molecule has 0 aliphatic carbocycles. The third-order valence-corrected chi connectivity index (χ3v) is 2.08. The minimum Gasteiger partial charge on any atom is -0.405 e. The Morgan fingerprint density at radius 1 is 1.24 bits per heavy atom. The summed E-state index contributed by atoms with van der Waals surface area (Å²) in [4.78, 5) is 3.71. The van der Waals surface area contributed by atoms with Gasteiger partial charge in [-0.15, -0.1) is 13.2 Å². The fourth-order valence-corrected chi connectivity index (χ4v) is 1.49. The number of ether oxygens (including phenoxy) is 1. The Kier molecular flexibility index (Phi) is 2.60. The van der Waals surface area contributed by atoms with Crippen LogP contribution in [0.5, 0.6) is 5.75 Å². The van der Waals surface area contributed by atoms with Crippen LogP contribution in [0.15, 0.2) is 30.5 Å². The summed E-state index contributed by atoms with van der Waals surface area (Å²) < 4.78 is 40.4. The average Bonchev–Trinajstić information content (AvgIpc) is 2.26. The highest BCUT2D eigenvalue weighted by atomic mass is 19.4. The minimum absolute atomic E-state index is 0.0647. The maximum atomic E-state index is 12.2. The standard InChI is InChI=1S/C11H5F3N2O/c12-11(13,14)17-9-3-1-2-7-4-5-16-8(6-15)10(7)9/h1-5H. The summed E-state index contributed by atoms with van der Waals surface area (Å²) in [5.41, 5.74) is -0.0950. The maximum absolute atomic E-state index is 12.2. The number of aromatic nitrogens is 1. The topological polar surface area (TPSA) is 45.9 Å². The van der Waals surface area contributed by atoms with Gasteiger partial charge in [0.05, 0.1) is 5.39 Å². The van der Waals surface area contributed by atoms with E-state index in [2.05, 4.69) is 9.72 Å². The summed E-state index contributed by atoms with van der Waals surface area (Å²) >= 11 is 0. The molecule has 0 aliphatic rings. The molecule has 0 atom stereocenters. The Labute approximate surface area is 94.1 Å². The van der Waals surface area contributed by atoms with Gasteiger partial charge in [0.15, 0.2) is 5.69 Å². The molecule has 3 nitrogen and oxygen atoms in total. The van der Waals surface area contributed by atoms with Crippen molar-refractivity contribution in [2.24, 2.45) is 0 Å². The molecule has 0 unspecified atom stereocenters. The second kappa shape index (κ2) is 3.94. The van der Waals surface area contributed by atoms with Crippen LogP contribution in [0.3, 0.4) is 0 Å². The molecule has 2 aromatic rings. The van der Waals surface area contributed by atoms with Crippen molar-refractivity contribution in [3.8, 4) is 11.8 Å². The number of pyridine rings is 1. The number of nitriles is 1. The number of fused-ring (bicyclic) bond motifs is 1. The molecule has 1 aromatic carbocycles. The molecule has 1 aromatic heterocycles. The fraction of sp³-hybridized carbons (Fsp3) is 0.0909. The van der Waals surface area contributed by atoms with Gasteiger partial charge in [-0.05, 0) is 17.5 Å². The molecule has 0 spiro atoms. The molecule has 0 radical (unpaired) electrons. The molecule has 6 heteroatoms. The maximum Gasteiger partial charge on any atom is 0.573 e. The molecule has 0 amide bonds. The van der Waals surface area contributed by atoms with Gasteiger partial charge in [-0.1, -0.05) is 12.1 Å². The van der Waals surface area contributed by atoms with Crippen molar-refractivity contribution in [3.05, 3.63) is 36.2 Å². The van der Waals surface area contributed by atoms with Crippen molar-refractivity contribution in [3.63, 3.8) is 0 Å². The highest BCUT2D eigenvalue weighted by Crippen LogP contribution is 2.31. The lowest BCUT2D eigenvalue weighted by atomic mass is 10.1. The first-order valence-corrected chi connectivity index (χ1v) is 4.55. The molecule has 17 heavy (non-hydrogen) atoms. The highest BCUT2D eigenvalue weighted by molar-refractivity contribution is 5.91. The summed E-state index contributed by atoms with van der Waals surface area (Å²) in [6.07, 6.45) is -3.44. The van der Waals surface area contributed by atoms with E-state index in [1.54, 1.807) is 12.1 Å². The van der Waals surface area contributed by atoms with Crippen LogP contribution in [0.4, 0.5) is 13.2 Å². The number of alkyl halides is 3. The number of benzene rings is 1. The average molecular weight is 238 g/mol. The van der Waals surface area contributed by atoms with E-state index in [9.17, 15) is 13.2 Å². The van der Waals surface area contributed by atoms with Crippen LogP contribution in [0.1, 0.15) is 5.69 Å². The SMILES string of the molecule is N#Cc1nccc2cccc(OC(F)(F)F)c12. The zero-order chi connectivity index (χ0) is 12.5. The van der Waals surface area contributed by atoms with E-state index in [0.717, 1.165) is 6.07 Å². The number of nitrogens with zero attached hydrogens (tertiary/aromatic N) is 2. The third kappa shape index (κ3) is 2.28. The minimum atomic E-state index is -4.79. The Bertz CT molecular complexity index is 596. The van der Waals surface area contributed by atoms with Crippen molar-refractivity contribution < 1.29 is 17.9 Å². The normalized spacial score (nSPS) is 11.2. The van der Waals surface area contributed by atoms with Gasteiger partial charge in [0.1, 0.15) is 11.8 Å². The van der Waals surface area contributed by atoms with Crippen LogP contribution >= 0.6 is 0 Å². The van der Waals surface area contributed by atoms with Gasteiger partial charge in [-0.3, -0.25) is 0 Å². The van der Waals surface area contributed by atoms with E-state index < -0.39 is 12.1 Å². The van der Waals surface area contributed by atoms with E-state index in [0.29, 0.717) is 5.39 Å². The summed E-state index contributed by atoms with van der Waals surface area (Å²) in [5, 5.41) is 9.34. The first-order valence-electron chi connectivity index (χ1n) is 4.55. The predicted molar refractivity (Wildman–Crippen MR) is 53.1 cm³/mol. The van der Waals surface area contributed by atoms with Crippen molar-refractivity contribution in [2.75, 3.05) is 0 Å². The van der Waals surface area contributed by atoms with E-state index in [-0.39, 0.29) is 11.1 Å². The molecular formula is C11H5F3N2O. The lowest BCUT2D eigenvalue weighted by Gasteiger charge is -2.11. The number of rotatable bonds is 1. The van der Waals surface area contributed by atoms with Crippen molar-refractivity contribution in [2.45, 2.75) is 6.36 Å². The second-order valence-electron chi connectivity index (χ2n) is 3.17. The fourth-order valence-electron chi connectivity index (χ4n) is 1.49. The van der Waals surface area contributed by atoms with Gasteiger partial charge in [-0.25, -0.2) is 4.98 Å². The van der Waals surface area contributed by atoms with E-state index >= 15 is 0 Å². The van der Waals surface area contributed by atoms with Crippen molar-refractivity contribution in [1.82, 2.24) is 4.98 Å². The van der Waals surface area contributed by atoms with Crippen LogP contribution in [0, 0.1) is 11.3 Å². The molecule has 1 heterocycles. The van der Waals surface area contributed by atoms with Crippen LogP contribution in [-0.2, 0) is 0 Å². The number of halogens is 3. The molecule has 0 bridgehead atoms. The molecule has 2 rings (SSSR count). The van der Waals surface area contributed by atoms with Gasteiger partial charge in [0, 0.05) is 6.20 Å². The molecule has 0 saturated carbocycles. The van der Waals surface area contributed by atoms with Gasteiger partial charge < -0.3 is 4.74 Å². The van der Waals surface area contributed by atoms with Gasteiger partial charge in [0.2, 0.25) is 0 Å². The summed E-state index contributed by atoms with van der Waals surface area (Å²) in [7, 11) is 0. The predicted octanol–water partition coefficient (Wildman–Crippen LogP) is 3.01. The lowest BCUT2D eigenvalue weighted by Crippen LogP contribution is -2.17. The molecular weight excluding hydrogens is 233 g/mol. The van der Waals surface area contributed by atoms with Gasteiger partial charge >= 0.3 is 6.36 Å². The Morgan fingerprint density at radius 3 is 2.65 bits per heavy atom. The van der Waals surface area contributed by atoms with Crippen LogP contribution in [0.25, 0.3) is 10.8 Å². The van der Waals surface area contributed by atoms with E-state index in [4.69, 9.17) is 5.26 Å². The van der Waals surface area contributed by atoms with E-state index in [1.807, 2.05) is 0 Å². The summed E-state index contributed by atoms with van der Waals surface area (Å²) in [6, 6.07) is 7.41. The molecule has 0 saturated heterocycles. The monoisotopic (exact) mass is 238 g/mol. The summed E-state index contributed by atoms with van der Waals surface area (Å²) in [6.45, 7) is 0. The molecule has 0 N–H and O–H groups in total. The van der Waals surface area contributed by atoms with Crippen LogP contribution in [-0.4, -0.2) is 11.3 Å². The first-order chi connectivity index (χ1) is 8.01. The Morgan fingerprint density at radius 2 is 2.00 bits per heavy atom. The van der Waals surface area contributed by atoms with E-state index in [1.165, 1.54) is 18.3 Å². The van der Waals surface area contributed by atoms with Crippen LogP contribution in [0.2, 0.25) is 0 Å². The molecule has 86 valence electrons.